The molecule has 2 aliphatic rings. The van der Waals surface area contributed by atoms with E-state index in [1.807, 2.05) is 18.7 Å². The Kier molecular flexibility index (Phi) is 4.07. The predicted octanol–water partition coefficient (Wildman–Crippen LogP) is 1.12. The zero-order valence-corrected chi connectivity index (χ0v) is 13.5. The SMILES string of the molecule is CC(C)C(=O)N1CCN(C(=O)c2ccc3c(c2)CC(=O)N3)CC1. The number of piperazine rings is 1. The summed E-state index contributed by atoms with van der Waals surface area (Å²) in [5.41, 5.74) is 2.26. The van der Waals surface area contributed by atoms with Gasteiger partial charge >= 0.3 is 0 Å². The maximum absolute atomic E-state index is 12.6. The van der Waals surface area contributed by atoms with Crippen LogP contribution in [-0.2, 0) is 16.0 Å². The summed E-state index contributed by atoms with van der Waals surface area (Å²) < 4.78 is 0. The van der Waals surface area contributed by atoms with Crippen molar-refractivity contribution in [3.05, 3.63) is 29.3 Å². The number of benzene rings is 1. The van der Waals surface area contributed by atoms with Gasteiger partial charge in [0, 0.05) is 43.3 Å². The molecule has 0 saturated carbocycles. The molecule has 1 N–H and O–H groups in total. The van der Waals surface area contributed by atoms with Crippen molar-refractivity contribution in [1.82, 2.24) is 9.80 Å². The molecule has 23 heavy (non-hydrogen) atoms. The van der Waals surface area contributed by atoms with Crippen molar-refractivity contribution in [2.75, 3.05) is 31.5 Å². The third-order valence-electron chi connectivity index (χ3n) is 4.35. The zero-order valence-electron chi connectivity index (χ0n) is 13.5. The van der Waals surface area contributed by atoms with Gasteiger partial charge in [0.1, 0.15) is 0 Å². The number of amides is 3. The number of hydrogen-bond acceptors (Lipinski definition) is 3. The molecule has 2 aliphatic heterocycles. The Hall–Kier alpha value is -2.37. The Morgan fingerprint density at radius 3 is 2.39 bits per heavy atom. The lowest BCUT2D eigenvalue weighted by atomic mass is 10.1. The first kappa shape index (κ1) is 15.5. The monoisotopic (exact) mass is 315 g/mol. The number of carbonyl (C=O) groups is 3. The van der Waals surface area contributed by atoms with Crippen LogP contribution in [0.25, 0.3) is 0 Å². The van der Waals surface area contributed by atoms with Gasteiger partial charge in [-0.1, -0.05) is 13.8 Å². The van der Waals surface area contributed by atoms with Crippen molar-refractivity contribution in [2.45, 2.75) is 20.3 Å². The van der Waals surface area contributed by atoms with Gasteiger partial charge in [0.15, 0.2) is 0 Å². The normalized spacial score (nSPS) is 17.3. The minimum atomic E-state index is -0.0382. The molecule has 1 aromatic carbocycles. The van der Waals surface area contributed by atoms with E-state index in [0.717, 1.165) is 11.3 Å². The van der Waals surface area contributed by atoms with E-state index in [9.17, 15) is 14.4 Å². The van der Waals surface area contributed by atoms with Gasteiger partial charge in [-0.3, -0.25) is 14.4 Å². The van der Waals surface area contributed by atoms with Crippen LogP contribution in [0.3, 0.4) is 0 Å². The van der Waals surface area contributed by atoms with Crippen LogP contribution in [0.15, 0.2) is 18.2 Å². The first-order valence-corrected chi connectivity index (χ1v) is 7.96. The summed E-state index contributed by atoms with van der Waals surface area (Å²) in [6, 6.07) is 5.33. The molecule has 0 atom stereocenters. The third-order valence-corrected chi connectivity index (χ3v) is 4.35. The van der Waals surface area contributed by atoms with Crippen LogP contribution in [-0.4, -0.2) is 53.7 Å². The summed E-state index contributed by atoms with van der Waals surface area (Å²) in [6.07, 6.45) is 0.327. The molecule has 1 fully saturated rings. The number of fused-ring (bicyclic) bond motifs is 1. The topological polar surface area (TPSA) is 69.7 Å². The molecular formula is C17H21N3O3. The van der Waals surface area contributed by atoms with Crippen molar-refractivity contribution in [3.63, 3.8) is 0 Å². The molecule has 0 aliphatic carbocycles. The van der Waals surface area contributed by atoms with Crippen LogP contribution >= 0.6 is 0 Å². The van der Waals surface area contributed by atoms with Crippen molar-refractivity contribution < 1.29 is 14.4 Å². The molecule has 0 unspecified atom stereocenters. The predicted molar refractivity (Wildman–Crippen MR) is 86.1 cm³/mol. The Labute approximate surface area is 135 Å². The maximum Gasteiger partial charge on any atom is 0.253 e. The van der Waals surface area contributed by atoms with Crippen LogP contribution in [0, 0.1) is 5.92 Å². The number of nitrogens with one attached hydrogen (secondary N) is 1. The Balaban J connectivity index is 1.65. The van der Waals surface area contributed by atoms with Gasteiger partial charge in [-0.15, -0.1) is 0 Å². The number of rotatable bonds is 2. The van der Waals surface area contributed by atoms with E-state index < -0.39 is 0 Å². The van der Waals surface area contributed by atoms with Gasteiger partial charge in [-0.2, -0.15) is 0 Å². The summed E-state index contributed by atoms with van der Waals surface area (Å²) in [4.78, 5) is 39.6. The summed E-state index contributed by atoms with van der Waals surface area (Å²) in [7, 11) is 0. The number of nitrogens with zero attached hydrogens (tertiary/aromatic N) is 2. The first-order valence-electron chi connectivity index (χ1n) is 7.96. The van der Waals surface area contributed by atoms with E-state index in [1.165, 1.54) is 0 Å². The fourth-order valence-electron chi connectivity index (χ4n) is 3.04. The molecule has 122 valence electrons. The summed E-state index contributed by atoms with van der Waals surface area (Å²) in [5, 5.41) is 2.76. The van der Waals surface area contributed by atoms with Crippen LogP contribution in [0.1, 0.15) is 29.8 Å². The lowest BCUT2D eigenvalue weighted by Gasteiger charge is -2.35. The van der Waals surface area contributed by atoms with Crippen molar-refractivity contribution in [3.8, 4) is 0 Å². The highest BCUT2D eigenvalue weighted by molar-refractivity contribution is 6.01. The maximum atomic E-state index is 12.6. The standard InChI is InChI=1S/C17H21N3O3/c1-11(2)16(22)19-5-7-20(8-6-19)17(23)12-3-4-14-13(9-12)10-15(21)18-14/h3-4,9,11H,5-8,10H2,1-2H3,(H,18,21). The highest BCUT2D eigenvalue weighted by atomic mass is 16.2. The van der Waals surface area contributed by atoms with Crippen molar-refractivity contribution >= 4 is 23.4 Å². The van der Waals surface area contributed by atoms with E-state index in [0.29, 0.717) is 38.2 Å². The minimum absolute atomic E-state index is 0.0148. The summed E-state index contributed by atoms with van der Waals surface area (Å²) in [6.45, 7) is 6.03. The molecule has 6 heteroatoms. The molecule has 1 saturated heterocycles. The van der Waals surface area contributed by atoms with Gasteiger partial charge in [0.25, 0.3) is 5.91 Å². The third kappa shape index (κ3) is 3.06. The zero-order chi connectivity index (χ0) is 16.6. The van der Waals surface area contributed by atoms with Crippen molar-refractivity contribution in [1.29, 1.82) is 0 Å². The summed E-state index contributed by atoms with van der Waals surface area (Å²) >= 11 is 0. The second-order valence-electron chi connectivity index (χ2n) is 6.37. The van der Waals surface area contributed by atoms with Gasteiger partial charge in [0.2, 0.25) is 11.8 Å². The number of carbonyl (C=O) groups excluding carboxylic acids is 3. The van der Waals surface area contributed by atoms with Gasteiger partial charge in [0.05, 0.1) is 6.42 Å². The van der Waals surface area contributed by atoms with Crippen LogP contribution in [0.4, 0.5) is 5.69 Å². The highest BCUT2D eigenvalue weighted by Crippen LogP contribution is 2.24. The summed E-state index contributed by atoms with van der Waals surface area (Å²) in [5.74, 6) is 0.0485. The Morgan fingerprint density at radius 2 is 1.74 bits per heavy atom. The minimum Gasteiger partial charge on any atom is -0.339 e. The Morgan fingerprint density at radius 1 is 1.09 bits per heavy atom. The quantitative estimate of drug-likeness (QED) is 0.889. The lowest BCUT2D eigenvalue weighted by molar-refractivity contribution is -0.135. The van der Waals surface area contributed by atoms with Crippen LogP contribution in [0.2, 0.25) is 0 Å². The Bertz CT molecular complexity index is 661. The second-order valence-corrected chi connectivity index (χ2v) is 6.37. The molecule has 2 heterocycles. The molecule has 6 nitrogen and oxygen atoms in total. The van der Waals surface area contributed by atoms with Gasteiger partial charge in [-0.25, -0.2) is 0 Å². The molecule has 3 rings (SSSR count). The van der Waals surface area contributed by atoms with Gasteiger partial charge in [-0.05, 0) is 23.8 Å². The molecular weight excluding hydrogens is 294 g/mol. The van der Waals surface area contributed by atoms with E-state index in [1.54, 1.807) is 23.1 Å². The fraction of sp³-hybridized carbons (Fsp3) is 0.471. The first-order chi connectivity index (χ1) is 11.0. The molecule has 3 amide bonds. The number of hydrogen-bond donors (Lipinski definition) is 1. The fourth-order valence-corrected chi connectivity index (χ4v) is 3.04. The van der Waals surface area contributed by atoms with Crippen molar-refractivity contribution in [2.24, 2.45) is 5.92 Å². The lowest BCUT2D eigenvalue weighted by Crippen LogP contribution is -2.51. The van der Waals surface area contributed by atoms with E-state index in [2.05, 4.69) is 5.32 Å². The van der Waals surface area contributed by atoms with Crippen LogP contribution in [0.5, 0.6) is 0 Å². The largest absolute Gasteiger partial charge is 0.339 e. The molecule has 0 radical (unpaired) electrons. The van der Waals surface area contributed by atoms with E-state index in [4.69, 9.17) is 0 Å². The molecule has 1 aromatic rings. The van der Waals surface area contributed by atoms with E-state index >= 15 is 0 Å². The van der Waals surface area contributed by atoms with E-state index in [-0.39, 0.29) is 23.6 Å². The molecule has 0 spiro atoms. The molecule has 0 aromatic heterocycles. The molecule has 0 bridgehead atoms. The average Bonchev–Trinajstić information content (AvgIpc) is 2.92. The number of anilines is 1. The highest BCUT2D eigenvalue weighted by Gasteiger charge is 2.27. The van der Waals surface area contributed by atoms with Crippen LogP contribution < -0.4 is 5.32 Å². The smallest absolute Gasteiger partial charge is 0.253 e. The average molecular weight is 315 g/mol. The second kappa shape index (κ2) is 6.02. The van der Waals surface area contributed by atoms with Gasteiger partial charge < -0.3 is 15.1 Å².